The van der Waals surface area contributed by atoms with E-state index in [2.05, 4.69) is 5.10 Å². The molecule has 1 fully saturated rings. The van der Waals surface area contributed by atoms with Gasteiger partial charge in [-0.1, -0.05) is 0 Å². The number of aliphatic hydroxyl groups excluding tert-OH is 2. The molecule has 2 atom stereocenters. The molecule has 102 valence electrons. The molecule has 0 spiro atoms. The second kappa shape index (κ2) is 4.36. The smallest absolute Gasteiger partial charge is 0.320 e. The lowest BCUT2D eigenvalue weighted by Gasteiger charge is -2.21. The van der Waals surface area contributed by atoms with Crippen molar-refractivity contribution >= 4 is 11.7 Å². The molecule has 0 saturated carbocycles. The molecule has 2 unspecified atom stereocenters. The Morgan fingerprint density at radius 2 is 2.37 bits per heavy atom. The van der Waals surface area contributed by atoms with Crippen molar-refractivity contribution in [3.8, 4) is 0 Å². The predicted molar refractivity (Wildman–Crippen MR) is 67.1 cm³/mol. The standard InChI is InChI=1S/C12H16N4O3/c1-14-8-4-9(6-15(5-8)12(14)19)16-3-2-10(13-16)11(18)7-17/h2-4,8,11,17-18H,5-7H2,1H3. The first-order valence-corrected chi connectivity index (χ1v) is 6.17. The zero-order chi connectivity index (χ0) is 13.6. The van der Waals surface area contributed by atoms with Gasteiger partial charge in [0.05, 0.1) is 30.6 Å². The van der Waals surface area contributed by atoms with E-state index in [0.717, 1.165) is 5.70 Å². The van der Waals surface area contributed by atoms with Gasteiger partial charge in [-0.2, -0.15) is 5.10 Å². The Balaban J connectivity index is 1.86. The lowest BCUT2D eigenvalue weighted by Crippen LogP contribution is -2.31. The molecule has 7 nitrogen and oxygen atoms in total. The van der Waals surface area contributed by atoms with E-state index < -0.39 is 6.10 Å². The van der Waals surface area contributed by atoms with Crippen LogP contribution in [-0.4, -0.2) is 68.6 Å². The number of hydrogen-bond acceptors (Lipinski definition) is 4. The van der Waals surface area contributed by atoms with Crippen molar-refractivity contribution in [1.82, 2.24) is 19.6 Å². The minimum Gasteiger partial charge on any atom is -0.393 e. The van der Waals surface area contributed by atoms with Gasteiger partial charge in [-0.05, 0) is 12.1 Å². The molecule has 0 aliphatic carbocycles. The Morgan fingerprint density at radius 1 is 1.58 bits per heavy atom. The Morgan fingerprint density at radius 3 is 3.05 bits per heavy atom. The summed E-state index contributed by atoms with van der Waals surface area (Å²) in [5.74, 6) is 0. The number of rotatable bonds is 3. The van der Waals surface area contributed by atoms with Gasteiger partial charge < -0.3 is 20.0 Å². The van der Waals surface area contributed by atoms with E-state index in [1.165, 1.54) is 0 Å². The number of amides is 2. The van der Waals surface area contributed by atoms with Crippen LogP contribution in [0.3, 0.4) is 0 Å². The van der Waals surface area contributed by atoms with Crippen LogP contribution >= 0.6 is 0 Å². The minimum atomic E-state index is -0.966. The van der Waals surface area contributed by atoms with Crippen molar-refractivity contribution in [1.29, 1.82) is 0 Å². The van der Waals surface area contributed by atoms with Crippen LogP contribution in [-0.2, 0) is 0 Å². The SMILES string of the molecule is CN1C(=O)N2CC(n3ccc(C(O)CO)n3)=CC1C2. The molecule has 2 aliphatic heterocycles. The number of hydrogen-bond donors (Lipinski definition) is 2. The van der Waals surface area contributed by atoms with Crippen LogP contribution in [0.2, 0.25) is 0 Å². The number of fused-ring (bicyclic) bond motifs is 2. The fourth-order valence-electron chi connectivity index (χ4n) is 2.48. The van der Waals surface area contributed by atoms with Crippen LogP contribution in [0, 0.1) is 0 Å². The fourth-order valence-corrected chi connectivity index (χ4v) is 2.48. The zero-order valence-electron chi connectivity index (χ0n) is 10.6. The molecular formula is C12H16N4O3. The van der Waals surface area contributed by atoms with Gasteiger partial charge in [0, 0.05) is 19.8 Å². The normalized spacial score (nSPS) is 23.8. The lowest BCUT2D eigenvalue weighted by molar-refractivity contribution is 0.0919. The summed E-state index contributed by atoms with van der Waals surface area (Å²) in [6.45, 7) is 0.869. The van der Waals surface area contributed by atoms with Gasteiger partial charge in [-0.3, -0.25) is 0 Å². The first kappa shape index (κ1) is 12.2. The molecule has 2 N–H and O–H groups in total. The van der Waals surface area contributed by atoms with Crippen LogP contribution in [0.1, 0.15) is 11.8 Å². The molecule has 2 bridgehead atoms. The molecule has 19 heavy (non-hydrogen) atoms. The highest BCUT2D eigenvalue weighted by Gasteiger charge is 2.37. The average Bonchev–Trinajstić information content (AvgIpc) is 2.99. The number of likely N-dealkylation sites (N-methyl/N-ethyl adjacent to an activating group) is 1. The summed E-state index contributed by atoms with van der Waals surface area (Å²) >= 11 is 0. The first-order chi connectivity index (χ1) is 9.10. The van der Waals surface area contributed by atoms with Crippen molar-refractivity contribution in [3.05, 3.63) is 24.0 Å². The summed E-state index contributed by atoms with van der Waals surface area (Å²) < 4.78 is 1.65. The first-order valence-electron chi connectivity index (χ1n) is 6.17. The maximum Gasteiger partial charge on any atom is 0.320 e. The summed E-state index contributed by atoms with van der Waals surface area (Å²) in [6.07, 6.45) is 2.78. The largest absolute Gasteiger partial charge is 0.393 e. The van der Waals surface area contributed by atoms with E-state index in [4.69, 9.17) is 5.11 Å². The second-order valence-corrected chi connectivity index (χ2v) is 4.88. The van der Waals surface area contributed by atoms with Gasteiger partial charge in [0.2, 0.25) is 0 Å². The molecule has 1 aromatic heterocycles. The minimum absolute atomic E-state index is 0.0269. The highest BCUT2D eigenvalue weighted by Crippen LogP contribution is 2.25. The quantitative estimate of drug-likeness (QED) is 0.771. The van der Waals surface area contributed by atoms with E-state index in [1.807, 2.05) is 6.08 Å². The Hall–Kier alpha value is -1.86. The molecule has 0 radical (unpaired) electrons. The van der Waals surface area contributed by atoms with Gasteiger partial charge in [-0.25, -0.2) is 9.48 Å². The monoisotopic (exact) mass is 264 g/mol. The van der Waals surface area contributed by atoms with Crippen molar-refractivity contribution in [2.75, 3.05) is 26.7 Å². The van der Waals surface area contributed by atoms with Crippen molar-refractivity contribution in [3.63, 3.8) is 0 Å². The van der Waals surface area contributed by atoms with Gasteiger partial charge in [0.1, 0.15) is 6.10 Å². The molecule has 1 saturated heterocycles. The summed E-state index contributed by atoms with van der Waals surface area (Å²) in [7, 11) is 1.79. The van der Waals surface area contributed by atoms with Crippen molar-refractivity contribution in [2.45, 2.75) is 12.1 Å². The molecule has 2 aliphatic rings. The van der Waals surface area contributed by atoms with E-state index in [0.29, 0.717) is 18.8 Å². The third-order valence-corrected chi connectivity index (χ3v) is 3.63. The van der Waals surface area contributed by atoms with Gasteiger partial charge in [-0.15, -0.1) is 0 Å². The number of aromatic nitrogens is 2. The van der Waals surface area contributed by atoms with Gasteiger partial charge >= 0.3 is 6.03 Å². The summed E-state index contributed by atoms with van der Waals surface area (Å²) in [6, 6.07) is 1.77. The maximum atomic E-state index is 11.8. The summed E-state index contributed by atoms with van der Waals surface area (Å²) in [5, 5.41) is 22.7. The molecule has 2 amide bonds. The molecule has 1 aromatic rings. The van der Waals surface area contributed by atoms with E-state index in [1.54, 1.807) is 33.8 Å². The number of nitrogens with zero attached hydrogens (tertiary/aromatic N) is 4. The average molecular weight is 264 g/mol. The second-order valence-electron chi connectivity index (χ2n) is 4.88. The highest BCUT2D eigenvalue weighted by atomic mass is 16.3. The van der Waals surface area contributed by atoms with Crippen LogP contribution in [0.4, 0.5) is 4.79 Å². The Bertz CT molecular complexity index is 539. The third-order valence-electron chi connectivity index (χ3n) is 3.63. The maximum absolute atomic E-state index is 11.8. The van der Waals surface area contributed by atoms with Crippen molar-refractivity contribution < 1.29 is 15.0 Å². The summed E-state index contributed by atoms with van der Waals surface area (Å²) in [5.41, 5.74) is 1.33. The predicted octanol–water partition coefficient (Wildman–Crippen LogP) is -0.501. The van der Waals surface area contributed by atoms with Crippen LogP contribution < -0.4 is 0 Å². The zero-order valence-corrected chi connectivity index (χ0v) is 10.6. The number of urea groups is 1. The molecule has 0 aromatic carbocycles. The van der Waals surface area contributed by atoms with Crippen LogP contribution in [0.25, 0.3) is 5.70 Å². The van der Waals surface area contributed by atoms with E-state index in [9.17, 15) is 9.90 Å². The lowest BCUT2D eigenvalue weighted by atomic mass is 10.2. The van der Waals surface area contributed by atoms with E-state index in [-0.39, 0.29) is 18.7 Å². The van der Waals surface area contributed by atoms with E-state index >= 15 is 0 Å². The van der Waals surface area contributed by atoms with Crippen molar-refractivity contribution in [2.24, 2.45) is 0 Å². The highest BCUT2D eigenvalue weighted by molar-refractivity contribution is 5.80. The number of carbonyl (C=O) groups excluding carboxylic acids is 1. The van der Waals surface area contributed by atoms with Crippen LogP contribution in [0.5, 0.6) is 0 Å². The van der Waals surface area contributed by atoms with Gasteiger partial charge in [0.15, 0.2) is 0 Å². The summed E-state index contributed by atoms with van der Waals surface area (Å²) in [4.78, 5) is 15.3. The third kappa shape index (κ3) is 1.91. The Kier molecular flexibility index (Phi) is 2.79. The molecular weight excluding hydrogens is 248 g/mol. The van der Waals surface area contributed by atoms with Crippen LogP contribution in [0.15, 0.2) is 18.3 Å². The van der Waals surface area contributed by atoms with Gasteiger partial charge in [0.25, 0.3) is 0 Å². The topological polar surface area (TPSA) is 81.8 Å². The Labute approximate surface area is 110 Å². The molecule has 7 heteroatoms. The molecule has 3 heterocycles. The number of carbonyl (C=O) groups is 1. The molecule has 3 rings (SSSR count). The fraction of sp³-hybridized carbons (Fsp3) is 0.500. The number of aliphatic hydroxyl groups is 2.